The number of alkyl carbamates (subject to hydrolysis) is 1. The molecule has 0 heterocycles. The van der Waals surface area contributed by atoms with Crippen LogP contribution in [0.4, 0.5) is 4.79 Å². The van der Waals surface area contributed by atoms with E-state index in [0.29, 0.717) is 0 Å². The van der Waals surface area contributed by atoms with Crippen LogP contribution in [-0.2, 0) is 14.3 Å². The highest BCUT2D eigenvalue weighted by atomic mass is 32.1. The summed E-state index contributed by atoms with van der Waals surface area (Å²) in [5.74, 6) is -0.622. The maximum atomic E-state index is 11.4. The molecule has 0 aliphatic carbocycles. The van der Waals surface area contributed by atoms with Crippen LogP contribution in [0.1, 0.15) is 27.2 Å². The van der Waals surface area contributed by atoms with Crippen molar-refractivity contribution in [2.75, 3.05) is 7.11 Å². The molecule has 1 amide bonds. The number of hydrogen-bond donors (Lipinski definition) is 2. The molecular weight excluding hydrogens is 244 g/mol. The second-order valence-corrected chi connectivity index (χ2v) is 4.92. The summed E-state index contributed by atoms with van der Waals surface area (Å²) in [6, 6.07) is -0.924. The van der Waals surface area contributed by atoms with E-state index in [1.807, 2.05) is 0 Å². The van der Waals surface area contributed by atoms with Gasteiger partial charge in [-0.15, -0.1) is 0 Å². The second kappa shape index (κ2) is 6.39. The Bertz CT molecular complexity index is 312. The highest BCUT2D eigenvalue weighted by Crippen LogP contribution is 2.07. The number of methoxy groups -OCH3 is 1. The SMILES string of the molecule is COC(=O)[C@H](CC(N)=S)NC(=O)OC(C)(C)C. The third kappa shape index (κ3) is 7.51. The van der Waals surface area contributed by atoms with Gasteiger partial charge in [0.05, 0.1) is 12.1 Å². The Balaban J connectivity index is 4.48. The van der Waals surface area contributed by atoms with E-state index in [9.17, 15) is 9.59 Å². The molecule has 0 bridgehead atoms. The lowest BCUT2D eigenvalue weighted by atomic mass is 10.2. The first kappa shape index (κ1) is 15.6. The lowest BCUT2D eigenvalue weighted by molar-refractivity contribution is -0.142. The van der Waals surface area contributed by atoms with E-state index in [-0.39, 0.29) is 11.4 Å². The molecule has 7 heteroatoms. The van der Waals surface area contributed by atoms with Crippen molar-refractivity contribution in [3.8, 4) is 0 Å². The van der Waals surface area contributed by atoms with Crippen LogP contribution in [0.15, 0.2) is 0 Å². The van der Waals surface area contributed by atoms with E-state index in [1.54, 1.807) is 20.8 Å². The van der Waals surface area contributed by atoms with Crippen LogP contribution in [0.25, 0.3) is 0 Å². The molecule has 98 valence electrons. The van der Waals surface area contributed by atoms with E-state index in [4.69, 9.17) is 10.5 Å². The van der Waals surface area contributed by atoms with Crippen molar-refractivity contribution in [2.45, 2.75) is 38.8 Å². The van der Waals surface area contributed by atoms with E-state index in [2.05, 4.69) is 22.3 Å². The van der Waals surface area contributed by atoms with Crippen LogP contribution in [0.5, 0.6) is 0 Å². The molecule has 0 saturated heterocycles. The second-order valence-electron chi connectivity index (χ2n) is 4.39. The highest BCUT2D eigenvalue weighted by Gasteiger charge is 2.25. The first-order valence-electron chi connectivity index (χ1n) is 5.01. The van der Waals surface area contributed by atoms with Gasteiger partial charge in [-0.2, -0.15) is 0 Å². The largest absolute Gasteiger partial charge is 0.467 e. The molecular formula is C10H18N2O4S. The van der Waals surface area contributed by atoms with Gasteiger partial charge >= 0.3 is 12.1 Å². The Morgan fingerprint density at radius 2 is 1.94 bits per heavy atom. The smallest absolute Gasteiger partial charge is 0.408 e. The van der Waals surface area contributed by atoms with E-state index in [1.165, 1.54) is 7.11 Å². The maximum Gasteiger partial charge on any atom is 0.408 e. The number of carbonyl (C=O) groups is 2. The quantitative estimate of drug-likeness (QED) is 0.573. The van der Waals surface area contributed by atoms with Gasteiger partial charge < -0.3 is 20.5 Å². The molecule has 17 heavy (non-hydrogen) atoms. The van der Waals surface area contributed by atoms with E-state index >= 15 is 0 Å². The third-order valence-corrected chi connectivity index (χ3v) is 1.75. The molecule has 0 radical (unpaired) electrons. The van der Waals surface area contributed by atoms with Crippen LogP contribution < -0.4 is 11.1 Å². The molecule has 0 aromatic rings. The number of ether oxygens (including phenoxy) is 2. The fourth-order valence-corrected chi connectivity index (χ4v) is 1.15. The van der Waals surface area contributed by atoms with Gasteiger partial charge in [-0.1, -0.05) is 12.2 Å². The van der Waals surface area contributed by atoms with Crippen molar-refractivity contribution < 1.29 is 19.1 Å². The van der Waals surface area contributed by atoms with E-state index in [0.717, 1.165) is 0 Å². The highest BCUT2D eigenvalue weighted by molar-refractivity contribution is 7.80. The molecule has 0 aromatic carbocycles. The van der Waals surface area contributed by atoms with Gasteiger partial charge in [0.2, 0.25) is 0 Å². The molecule has 0 aliphatic heterocycles. The van der Waals surface area contributed by atoms with Gasteiger partial charge in [0.25, 0.3) is 0 Å². The summed E-state index contributed by atoms with van der Waals surface area (Å²) in [7, 11) is 1.21. The number of thiocarbonyl (C=S) groups is 1. The number of rotatable bonds is 4. The van der Waals surface area contributed by atoms with Crippen molar-refractivity contribution in [2.24, 2.45) is 5.73 Å². The Morgan fingerprint density at radius 1 is 1.41 bits per heavy atom. The van der Waals surface area contributed by atoms with Crippen LogP contribution in [0.3, 0.4) is 0 Å². The molecule has 0 aromatic heterocycles. The first-order valence-corrected chi connectivity index (χ1v) is 5.42. The first-order chi connectivity index (χ1) is 7.65. The Hall–Kier alpha value is -1.37. The number of hydrogen-bond acceptors (Lipinski definition) is 5. The molecule has 1 atom stereocenters. The summed E-state index contributed by atoms with van der Waals surface area (Å²) in [5, 5.41) is 2.35. The topological polar surface area (TPSA) is 90.6 Å². The maximum absolute atomic E-state index is 11.4. The molecule has 0 spiro atoms. The molecule has 6 nitrogen and oxygen atoms in total. The minimum atomic E-state index is -0.924. The van der Waals surface area contributed by atoms with Gasteiger partial charge in [-0.25, -0.2) is 9.59 Å². The van der Waals surface area contributed by atoms with Crippen molar-refractivity contribution in [3.63, 3.8) is 0 Å². The predicted molar refractivity (Wildman–Crippen MR) is 66.6 cm³/mol. The summed E-state index contributed by atoms with van der Waals surface area (Å²) < 4.78 is 9.52. The van der Waals surface area contributed by atoms with Crippen LogP contribution >= 0.6 is 12.2 Å². The number of amides is 1. The summed E-state index contributed by atoms with van der Waals surface area (Å²) in [4.78, 5) is 22.9. The predicted octanol–water partition coefficient (Wildman–Crippen LogP) is 0.729. The molecule has 0 rings (SSSR count). The number of esters is 1. The summed E-state index contributed by atoms with van der Waals surface area (Å²) in [5.41, 5.74) is 4.68. The zero-order valence-electron chi connectivity index (χ0n) is 10.4. The van der Waals surface area contributed by atoms with Crippen molar-refractivity contribution >= 4 is 29.3 Å². The Morgan fingerprint density at radius 3 is 2.29 bits per heavy atom. The monoisotopic (exact) mass is 262 g/mol. The lowest BCUT2D eigenvalue weighted by Crippen LogP contribution is -2.45. The summed E-state index contributed by atoms with van der Waals surface area (Å²) >= 11 is 4.68. The zero-order valence-corrected chi connectivity index (χ0v) is 11.2. The fraction of sp³-hybridized carbons (Fsp3) is 0.700. The summed E-state index contributed by atoms with van der Waals surface area (Å²) in [6.45, 7) is 5.15. The number of carbonyl (C=O) groups excluding carboxylic acids is 2. The van der Waals surface area contributed by atoms with Crippen molar-refractivity contribution in [1.29, 1.82) is 0 Å². The summed E-state index contributed by atoms with van der Waals surface area (Å²) in [6.07, 6.45) is -0.689. The van der Waals surface area contributed by atoms with Gasteiger partial charge in [0.15, 0.2) is 0 Å². The van der Waals surface area contributed by atoms with Gasteiger partial charge in [0.1, 0.15) is 11.6 Å². The normalized spacial score (nSPS) is 12.5. The lowest BCUT2D eigenvalue weighted by Gasteiger charge is -2.22. The molecule has 3 N–H and O–H groups in total. The van der Waals surface area contributed by atoms with Crippen LogP contribution in [0, 0.1) is 0 Å². The molecule has 0 saturated carbocycles. The standard InChI is InChI=1S/C10H18N2O4S/c1-10(2,3)16-9(14)12-6(5-7(11)17)8(13)15-4/h6H,5H2,1-4H3,(H2,11,17)(H,12,14)/t6-/m0/s1. The third-order valence-electron chi connectivity index (χ3n) is 1.58. The van der Waals surface area contributed by atoms with Crippen molar-refractivity contribution in [3.05, 3.63) is 0 Å². The molecule has 0 unspecified atom stereocenters. The Labute approximate surface area is 106 Å². The number of nitrogens with one attached hydrogen (secondary N) is 1. The fourth-order valence-electron chi connectivity index (χ4n) is 0.987. The van der Waals surface area contributed by atoms with Gasteiger partial charge in [-0.05, 0) is 20.8 Å². The Kier molecular flexibility index (Phi) is 5.87. The van der Waals surface area contributed by atoms with Gasteiger partial charge in [0, 0.05) is 6.42 Å². The minimum absolute atomic E-state index is 0.0290. The molecule has 0 fully saturated rings. The average Bonchev–Trinajstić information content (AvgIpc) is 2.11. The van der Waals surface area contributed by atoms with Crippen LogP contribution in [0.2, 0.25) is 0 Å². The average molecular weight is 262 g/mol. The zero-order chi connectivity index (χ0) is 13.6. The minimum Gasteiger partial charge on any atom is -0.467 e. The van der Waals surface area contributed by atoms with Gasteiger partial charge in [-0.3, -0.25) is 0 Å². The van der Waals surface area contributed by atoms with E-state index < -0.39 is 23.7 Å². The van der Waals surface area contributed by atoms with Crippen molar-refractivity contribution in [1.82, 2.24) is 5.32 Å². The van der Waals surface area contributed by atoms with Crippen LogP contribution in [-0.4, -0.2) is 35.8 Å². The molecule has 0 aliphatic rings. The number of nitrogens with two attached hydrogens (primary N) is 1.